The van der Waals surface area contributed by atoms with Crippen LogP contribution < -0.4 is 4.74 Å². The second kappa shape index (κ2) is 6.77. The fourth-order valence-corrected chi connectivity index (χ4v) is 2.41. The van der Waals surface area contributed by atoms with Crippen LogP contribution in [-0.2, 0) is 6.18 Å². The molecular weight excluding hydrogens is 390 g/mol. The van der Waals surface area contributed by atoms with Gasteiger partial charge in [0.05, 0.1) is 20.5 Å². The molecule has 0 fully saturated rings. The fourth-order valence-electron chi connectivity index (χ4n) is 1.85. The van der Waals surface area contributed by atoms with Gasteiger partial charge < -0.3 is 9.84 Å². The van der Waals surface area contributed by atoms with Gasteiger partial charge in [-0.1, -0.05) is 23.2 Å². The maximum absolute atomic E-state index is 12.7. The number of halogens is 5. The SMILES string of the molecule is O=C(O)c1cc(Oc2c(Cl)cc(C(F)(F)F)cc2Cl)ccc1[N+](=O)[O-]. The summed E-state index contributed by atoms with van der Waals surface area (Å²) in [7, 11) is 0. The van der Waals surface area contributed by atoms with Crippen molar-refractivity contribution in [2.24, 2.45) is 0 Å². The molecule has 0 radical (unpaired) electrons. The Labute approximate surface area is 147 Å². The zero-order valence-electron chi connectivity index (χ0n) is 11.8. The van der Waals surface area contributed by atoms with Crippen molar-refractivity contribution in [1.82, 2.24) is 0 Å². The normalized spacial score (nSPS) is 11.2. The van der Waals surface area contributed by atoms with Crippen molar-refractivity contribution in [2.75, 3.05) is 0 Å². The highest BCUT2D eigenvalue weighted by molar-refractivity contribution is 6.37. The number of alkyl halides is 3. The number of hydrogen-bond donors (Lipinski definition) is 1. The summed E-state index contributed by atoms with van der Waals surface area (Å²) in [5.74, 6) is -2.13. The van der Waals surface area contributed by atoms with E-state index in [2.05, 4.69) is 0 Å². The predicted octanol–water partition coefficient (Wildman–Crippen LogP) is 5.41. The van der Waals surface area contributed by atoms with Crippen LogP contribution in [0, 0.1) is 10.1 Å². The predicted molar refractivity (Wildman–Crippen MR) is 81.6 cm³/mol. The molecule has 2 rings (SSSR count). The largest absolute Gasteiger partial charge is 0.477 e. The van der Waals surface area contributed by atoms with Crippen LogP contribution in [0.5, 0.6) is 11.5 Å². The highest BCUT2D eigenvalue weighted by Crippen LogP contribution is 2.42. The van der Waals surface area contributed by atoms with Crippen molar-refractivity contribution in [3.8, 4) is 11.5 Å². The third-order valence-electron chi connectivity index (χ3n) is 2.94. The minimum absolute atomic E-state index is 0.202. The lowest BCUT2D eigenvalue weighted by molar-refractivity contribution is -0.385. The van der Waals surface area contributed by atoms with Gasteiger partial charge in [0, 0.05) is 12.1 Å². The molecule has 25 heavy (non-hydrogen) atoms. The average Bonchev–Trinajstić information content (AvgIpc) is 2.49. The first kappa shape index (κ1) is 18.8. The molecule has 2 aromatic carbocycles. The lowest BCUT2D eigenvalue weighted by atomic mass is 10.1. The molecule has 0 aliphatic rings. The number of carboxylic acids is 1. The van der Waals surface area contributed by atoms with Gasteiger partial charge in [-0.2, -0.15) is 13.2 Å². The number of nitrogens with zero attached hydrogens (tertiary/aromatic N) is 1. The summed E-state index contributed by atoms with van der Waals surface area (Å²) in [5, 5.41) is 18.9. The smallest absolute Gasteiger partial charge is 0.416 e. The van der Waals surface area contributed by atoms with E-state index in [0.717, 1.165) is 18.2 Å². The third-order valence-corrected chi connectivity index (χ3v) is 3.50. The standard InChI is InChI=1S/C14H6Cl2F3NO5/c15-9-3-6(14(17,18)19)4-10(16)12(9)25-7-1-2-11(20(23)24)8(5-7)13(21)22/h1-5H,(H,21,22). The molecule has 0 heterocycles. The molecule has 1 N–H and O–H groups in total. The molecule has 0 aliphatic heterocycles. The van der Waals surface area contributed by atoms with Gasteiger partial charge in [-0.25, -0.2) is 4.79 Å². The molecule has 2 aromatic rings. The Balaban J connectivity index is 2.45. The molecule has 0 bridgehead atoms. The minimum atomic E-state index is -4.67. The monoisotopic (exact) mass is 395 g/mol. The minimum Gasteiger partial charge on any atom is -0.477 e. The van der Waals surface area contributed by atoms with Crippen LogP contribution in [0.4, 0.5) is 18.9 Å². The maximum atomic E-state index is 12.7. The van der Waals surface area contributed by atoms with Crippen LogP contribution in [0.2, 0.25) is 10.0 Å². The Bertz CT molecular complexity index is 847. The molecule has 0 saturated carbocycles. The molecule has 0 spiro atoms. The molecule has 0 aliphatic carbocycles. The van der Waals surface area contributed by atoms with Crippen LogP contribution in [0.25, 0.3) is 0 Å². The summed E-state index contributed by atoms with van der Waals surface area (Å²) in [6.07, 6.45) is -4.67. The van der Waals surface area contributed by atoms with Crippen molar-refractivity contribution < 1.29 is 32.7 Å². The molecule has 0 unspecified atom stereocenters. The summed E-state index contributed by atoms with van der Waals surface area (Å²) in [4.78, 5) is 21.0. The van der Waals surface area contributed by atoms with Gasteiger partial charge in [0.1, 0.15) is 11.3 Å². The zero-order valence-corrected chi connectivity index (χ0v) is 13.3. The van der Waals surface area contributed by atoms with E-state index in [-0.39, 0.29) is 11.5 Å². The van der Waals surface area contributed by atoms with E-state index in [0.29, 0.717) is 12.1 Å². The molecule has 0 amide bonds. The first-order chi connectivity index (χ1) is 11.5. The number of ether oxygens (including phenoxy) is 1. The molecule has 11 heteroatoms. The van der Waals surface area contributed by atoms with Crippen molar-refractivity contribution in [2.45, 2.75) is 6.18 Å². The van der Waals surface area contributed by atoms with Gasteiger partial charge in [-0.15, -0.1) is 0 Å². The Morgan fingerprint density at radius 2 is 1.72 bits per heavy atom. The first-order valence-corrected chi connectivity index (χ1v) is 7.02. The quantitative estimate of drug-likeness (QED) is 0.551. The van der Waals surface area contributed by atoms with Crippen molar-refractivity contribution in [1.29, 1.82) is 0 Å². The van der Waals surface area contributed by atoms with Crippen LogP contribution in [0.1, 0.15) is 15.9 Å². The Kier molecular flexibility index (Phi) is 5.09. The van der Waals surface area contributed by atoms with E-state index in [1.165, 1.54) is 0 Å². The van der Waals surface area contributed by atoms with Crippen LogP contribution in [-0.4, -0.2) is 16.0 Å². The Hall–Kier alpha value is -2.52. The Morgan fingerprint density at radius 3 is 2.16 bits per heavy atom. The van der Waals surface area contributed by atoms with Gasteiger partial charge >= 0.3 is 12.1 Å². The molecule has 132 valence electrons. The van der Waals surface area contributed by atoms with Crippen molar-refractivity contribution in [3.63, 3.8) is 0 Å². The van der Waals surface area contributed by atoms with E-state index in [4.69, 9.17) is 33.0 Å². The number of nitro groups is 1. The number of carbonyl (C=O) groups is 1. The van der Waals surface area contributed by atoms with E-state index >= 15 is 0 Å². The maximum Gasteiger partial charge on any atom is 0.416 e. The van der Waals surface area contributed by atoms with Gasteiger partial charge in [0.25, 0.3) is 5.69 Å². The second-order valence-electron chi connectivity index (χ2n) is 4.61. The van der Waals surface area contributed by atoms with E-state index in [9.17, 15) is 28.1 Å². The number of aromatic carboxylic acids is 1. The average molecular weight is 396 g/mol. The topological polar surface area (TPSA) is 89.7 Å². The fraction of sp³-hybridized carbons (Fsp3) is 0.0714. The van der Waals surface area contributed by atoms with E-state index in [1.54, 1.807) is 0 Å². The van der Waals surface area contributed by atoms with Gasteiger partial charge in [0.2, 0.25) is 0 Å². The summed E-state index contributed by atoms with van der Waals surface area (Å²) in [6.45, 7) is 0. The molecule has 6 nitrogen and oxygen atoms in total. The molecule has 0 aromatic heterocycles. The van der Waals surface area contributed by atoms with Crippen LogP contribution in [0.3, 0.4) is 0 Å². The van der Waals surface area contributed by atoms with Gasteiger partial charge in [-0.3, -0.25) is 10.1 Å². The Morgan fingerprint density at radius 1 is 1.16 bits per heavy atom. The van der Waals surface area contributed by atoms with Crippen molar-refractivity contribution in [3.05, 3.63) is 61.6 Å². The highest BCUT2D eigenvalue weighted by Gasteiger charge is 2.32. The van der Waals surface area contributed by atoms with Crippen LogP contribution in [0.15, 0.2) is 30.3 Å². The van der Waals surface area contributed by atoms with Crippen LogP contribution >= 0.6 is 23.2 Å². The molecule has 0 atom stereocenters. The summed E-state index contributed by atoms with van der Waals surface area (Å²) >= 11 is 11.5. The van der Waals surface area contributed by atoms with Gasteiger partial charge in [0.15, 0.2) is 5.75 Å². The lowest BCUT2D eigenvalue weighted by Gasteiger charge is -2.13. The third kappa shape index (κ3) is 4.12. The number of nitro benzene ring substituents is 1. The number of carboxylic acid groups (broad SMARTS) is 1. The second-order valence-corrected chi connectivity index (χ2v) is 5.42. The molecular formula is C14H6Cl2F3NO5. The van der Waals surface area contributed by atoms with Gasteiger partial charge in [-0.05, 0) is 18.2 Å². The number of hydrogen-bond acceptors (Lipinski definition) is 4. The molecule has 0 saturated heterocycles. The van der Waals surface area contributed by atoms with Crippen molar-refractivity contribution >= 4 is 34.9 Å². The number of rotatable bonds is 4. The summed E-state index contributed by atoms with van der Waals surface area (Å²) in [6, 6.07) is 3.96. The highest BCUT2D eigenvalue weighted by atomic mass is 35.5. The lowest BCUT2D eigenvalue weighted by Crippen LogP contribution is -2.05. The van der Waals surface area contributed by atoms with E-state index in [1.807, 2.05) is 0 Å². The summed E-state index contributed by atoms with van der Waals surface area (Å²) < 4.78 is 43.3. The van der Waals surface area contributed by atoms with E-state index < -0.39 is 43.9 Å². The first-order valence-electron chi connectivity index (χ1n) is 6.26. The number of benzene rings is 2. The summed E-state index contributed by atoms with van der Waals surface area (Å²) in [5.41, 5.74) is -2.43. The zero-order chi connectivity index (χ0) is 18.9.